The van der Waals surface area contributed by atoms with Crippen LogP contribution in [0.25, 0.3) is 0 Å². The lowest BCUT2D eigenvalue weighted by Gasteiger charge is -2.24. The number of carbonyl (C=O) groups excluding carboxylic acids is 2. The molecule has 1 aliphatic carbocycles. The number of unbranched alkanes of at least 4 members (excludes halogenated alkanes) is 1. The van der Waals surface area contributed by atoms with Gasteiger partial charge in [0.25, 0.3) is 0 Å². The summed E-state index contributed by atoms with van der Waals surface area (Å²) in [6, 6.07) is 17.4. The van der Waals surface area contributed by atoms with Crippen LogP contribution < -0.4 is 4.90 Å². The molecular weight excluding hydrogens is 501 g/mol. The second-order valence-electron chi connectivity index (χ2n) is 10.7. The van der Waals surface area contributed by atoms with Gasteiger partial charge in [0, 0.05) is 28.8 Å². The molecule has 0 radical (unpaired) electrons. The molecule has 4 nitrogen and oxygen atoms in total. The Morgan fingerprint density at radius 2 is 1.73 bits per heavy atom. The summed E-state index contributed by atoms with van der Waals surface area (Å²) >= 11 is 0. The third kappa shape index (κ3) is 8.05. The van der Waals surface area contributed by atoms with Crippen molar-refractivity contribution < 1.29 is 19.1 Å². The standard InChI is InChI=1S/C35H38FNO3/c1-2-3-7-27-12-14-28(15-13-27)16-17-29-18-19-30(33(36)22-29)24-37(32-20-21-34(39)31(23-32)25-38)35(40)11-6-10-26-8-4-5-9-26/h12-15,18-23,25-26,39H,2-11,24H2,1H3. The summed E-state index contributed by atoms with van der Waals surface area (Å²) in [5.74, 6) is 6.09. The first-order chi connectivity index (χ1) is 19.5. The zero-order valence-corrected chi connectivity index (χ0v) is 23.3. The molecule has 0 aliphatic heterocycles. The summed E-state index contributed by atoms with van der Waals surface area (Å²) < 4.78 is 15.3. The number of phenols is 1. The van der Waals surface area contributed by atoms with Crippen LogP contribution in [-0.2, 0) is 17.8 Å². The highest BCUT2D eigenvalue weighted by Crippen LogP contribution is 2.30. The second kappa shape index (κ2) is 14.5. The average Bonchev–Trinajstić information content (AvgIpc) is 3.49. The molecule has 0 spiro atoms. The molecule has 0 bridgehead atoms. The van der Waals surface area contributed by atoms with Crippen LogP contribution in [0.2, 0.25) is 0 Å². The average molecular weight is 540 g/mol. The predicted octanol–water partition coefficient (Wildman–Crippen LogP) is 7.98. The Morgan fingerprint density at radius 1 is 1.00 bits per heavy atom. The molecule has 1 fully saturated rings. The van der Waals surface area contributed by atoms with Crippen LogP contribution in [-0.4, -0.2) is 17.3 Å². The van der Waals surface area contributed by atoms with E-state index in [-0.39, 0.29) is 23.8 Å². The Bertz CT molecular complexity index is 1360. The number of aromatic hydroxyl groups is 1. The van der Waals surface area contributed by atoms with Gasteiger partial charge < -0.3 is 10.0 Å². The quantitative estimate of drug-likeness (QED) is 0.199. The minimum atomic E-state index is -0.445. The van der Waals surface area contributed by atoms with Crippen molar-refractivity contribution in [2.24, 2.45) is 5.92 Å². The molecule has 0 atom stereocenters. The molecule has 1 N–H and O–H groups in total. The second-order valence-corrected chi connectivity index (χ2v) is 10.7. The lowest BCUT2D eigenvalue weighted by atomic mass is 10.00. The maximum atomic E-state index is 15.3. The molecular formula is C35H38FNO3. The number of amides is 1. The zero-order chi connectivity index (χ0) is 28.3. The Morgan fingerprint density at radius 3 is 2.42 bits per heavy atom. The van der Waals surface area contributed by atoms with Crippen LogP contribution in [0.5, 0.6) is 5.75 Å². The molecule has 3 aromatic rings. The third-order valence-electron chi connectivity index (χ3n) is 7.73. The Balaban J connectivity index is 1.49. The fourth-order valence-electron chi connectivity index (χ4n) is 5.31. The molecule has 40 heavy (non-hydrogen) atoms. The van der Waals surface area contributed by atoms with Gasteiger partial charge in [0.15, 0.2) is 6.29 Å². The first kappa shape index (κ1) is 29.1. The Kier molecular flexibility index (Phi) is 10.5. The first-order valence-corrected chi connectivity index (χ1v) is 14.4. The molecule has 5 heteroatoms. The van der Waals surface area contributed by atoms with E-state index in [1.54, 1.807) is 18.2 Å². The minimum Gasteiger partial charge on any atom is -0.507 e. The number of hydrogen-bond acceptors (Lipinski definition) is 3. The number of halogens is 1. The molecule has 208 valence electrons. The largest absolute Gasteiger partial charge is 0.507 e. The lowest BCUT2D eigenvalue weighted by molar-refractivity contribution is -0.118. The first-order valence-electron chi connectivity index (χ1n) is 14.4. The van der Waals surface area contributed by atoms with E-state index in [0.717, 1.165) is 37.7 Å². The number of hydrogen-bond donors (Lipinski definition) is 1. The van der Waals surface area contributed by atoms with Gasteiger partial charge in [-0.2, -0.15) is 0 Å². The normalized spacial score (nSPS) is 13.1. The van der Waals surface area contributed by atoms with E-state index >= 15 is 4.39 Å². The molecule has 0 unspecified atom stereocenters. The van der Waals surface area contributed by atoms with Crippen molar-refractivity contribution in [2.75, 3.05) is 4.90 Å². The van der Waals surface area contributed by atoms with E-state index in [2.05, 4.69) is 30.9 Å². The number of carbonyl (C=O) groups is 2. The summed E-state index contributed by atoms with van der Waals surface area (Å²) in [6.45, 7) is 2.19. The fourth-order valence-corrected chi connectivity index (χ4v) is 5.31. The Hall–Kier alpha value is -3.91. The highest BCUT2D eigenvalue weighted by molar-refractivity contribution is 5.94. The van der Waals surface area contributed by atoms with Crippen molar-refractivity contribution in [2.45, 2.75) is 77.7 Å². The molecule has 4 rings (SSSR count). The number of nitrogens with zero attached hydrogens (tertiary/aromatic N) is 1. The van der Waals surface area contributed by atoms with Crippen LogP contribution in [0.3, 0.4) is 0 Å². The summed E-state index contributed by atoms with van der Waals surface area (Å²) in [5.41, 5.74) is 3.61. The van der Waals surface area contributed by atoms with Crippen molar-refractivity contribution in [1.29, 1.82) is 0 Å². The van der Waals surface area contributed by atoms with Crippen molar-refractivity contribution in [3.63, 3.8) is 0 Å². The van der Waals surface area contributed by atoms with Gasteiger partial charge in [-0.05, 0) is 79.6 Å². The maximum Gasteiger partial charge on any atom is 0.227 e. The van der Waals surface area contributed by atoms with Crippen LogP contribution in [0.15, 0.2) is 60.7 Å². The van der Waals surface area contributed by atoms with Crippen LogP contribution in [0.4, 0.5) is 10.1 Å². The molecule has 1 amide bonds. The van der Waals surface area contributed by atoms with E-state index in [1.165, 1.54) is 54.3 Å². The van der Waals surface area contributed by atoms with E-state index in [1.807, 2.05) is 12.1 Å². The van der Waals surface area contributed by atoms with Crippen molar-refractivity contribution in [1.82, 2.24) is 0 Å². The topological polar surface area (TPSA) is 57.6 Å². The number of phenolic OH excluding ortho intramolecular Hbond substituents is 1. The van der Waals surface area contributed by atoms with Crippen molar-refractivity contribution in [3.05, 3.63) is 94.3 Å². The van der Waals surface area contributed by atoms with Gasteiger partial charge >= 0.3 is 0 Å². The van der Waals surface area contributed by atoms with Crippen LogP contribution in [0.1, 0.15) is 97.3 Å². The predicted molar refractivity (Wildman–Crippen MR) is 158 cm³/mol. The van der Waals surface area contributed by atoms with Crippen molar-refractivity contribution in [3.8, 4) is 17.6 Å². The van der Waals surface area contributed by atoms with Crippen LogP contribution >= 0.6 is 0 Å². The smallest absolute Gasteiger partial charge is 0.227 e. The molecule has 0 aromatic heterocycles. The summed E-state index contributed by atoms with van der Waals surface area (Å²) in [6.07, 6.45) is 11.0. The molecule has 0 saturated heterocycles. The molecule has 0 heterocycles. The van der Waals surface area contributed by atoms with E-state index in [4.69, 9.17) is 0 Å². The van der Waals surface area contributed by atoms with Gasteiger partial charge in [-0.3, -0.25) is 9.59 Å². The highest BCUT2D eigenvalue weighted by atomic mass is 19.1. The highest BCUT2D eigenvalue weighted by Gasteiger charge is 2.21. The molecule has 3 aromatic carbocycles. The van der Waals surface area contributed by atoms with E-state index < -0.39 is 5.82 Å². The van der Waals surface area contributed by atoms with Gasteiger partial charge in [0.05, 0.1) is 12.1 Å². The molecule has 1 aliphatic rings. The summed E-state index contributed by atoms with van der Waals surface area (Å²) in [7, 11) is 0. The number of benzene rings is 3. The lowest BCUT2D eigenvalue weighted by Crippen LogP contribution is -2.30. The number of aryl methyl sites for hydroxylation is 1. The monoisotopic (exact) mass is 539 g/mol. The van der Waals surface area contributed by atoms with E-state index in [0.29, 0.717) is 35.4 Å². The van der Waals surface area contributed by atoms with Gasteiger partial charge in [-0.1, -0.05) is 69.1 Å². The van der Waals surface area contributed by atoms with Crippen molar-refractivity contribution >= 4 is 17.9 Å². The Labute approximate surface area is 237 Å². The molecule has 1 saturated carbocycles. The number of aldehydes is 1. The van der Waals surface area contributed by atoms with Gasteiger partial charge in [-0.25, -0.2) is 4.39 Å². The SMILES string of the molecule is CCCCc1ccc(C#Cc2ccc(CN(C(=O)CCCC3CCCC3)c3ccc(O)c(C=O)c3)c(F)c2)cc1. The van der Waals surface area contributed by atoms with E-state index in [9.17, 15) is 14.7 Å². The summed E-state index contributed by atoms with van der Waals surface area (Å²) in [4.78, 5) is 26.3. The van der Waals surface area contributed by atoms with Gasteiger partial charge in [0.1, 0.15) is 11.6 Å². The van der Waals surface area contributed by atoms with Crippen LogP contribution in [0, 0.1) is 23.6 Å². The number of rotatable bonds is 11. The zero-order valence-electron chi connectivity index (χ0n) is 23.3. The minimum absolute atomic E-state index is 0.0180. The number of anilines is 1. The summed E-state index contributed by atoms with van der Waals surface area (Å²) in [5, 5.41) is 9.96. The van der Waals surface area contributed by atoms with Gasteiger partial charge in [0.2, 0.25) is 5.91 Å². The fraction of sp³-hybridized carbons (Fsp3) is 0.371. The third-order valence-corrected chi connectivity index (χ3v) is 7.73. The van der Waals surface area contributed by atoms with Gasteiger partial charge in [-0.15, -0.1) is 0 Å². The maximum absolute atomic E-state index is 15.3.